The summed E-state index contributed by atoms with van der Waals surface area (Å²) in [6.45, 7) is 4.44. The number of aryl methyl sites for hydroxylation is 4. The summed E-state index contributed by atoms with van der Waals surface area (Å²) in [5.41, 5.74) is 14.9. The van der Waals surface area contributed by atoms with Gasteiger partial charge in [-0.3, -0.25) is 0 Å². The Kier molecular flexibility index (Phi) is 4.12. The Morgan fingerprint density at radius 2 is 1.52 bits per heavy atom. The van der Waals surface area contributed by atoms with Crippen molar-refractivity contribution in [3.63, 3.8) is 0 Å². The lowest BCUT2D eigenvalue weighted by atomic mass is 9.92. The van der Waals surface area contributed by atoms with E-state index in [0.717, 1.165) is 12.8 Å². The summed E-state index contributed by atoms with van der Waals surface area (Å²) >= 11 is 0. The minimum absolute atomic E-state index is 0.00731. The first-order valence-corrected chi connectivity index (χ1v) is 8.22. The van der Waals surface area contributed by atoms with E-state index in [1.165, 1.54) is 52.6 Å². The minimum atomic E-state index is -0.00731. The molecule has 0 radical (unpaired) electrons. The Morgan fingerprint density at radius 3 is 2.29 bits per heavy atom. The number of rotatable bonds is 4. The van der Waals surface area contributed by atoms with Crippen molar-refractivity contribution in [3.8, 4) is 0 Å². The molecule has 0 amide bonds. The number of fused-ring (bicyclic) bond motifs is 1. The van der Waals surface area contributed by atoms with Crippen molar-refractivity contribution in [2.24, 2.45) is 5.73 Å². The summed E-state index contributed by atoms with van der Waals surface area (Å²) in [5.74, 6) is 0. The van der Waals surface area contributed by atoms with Gasteiger partial charge in [0.25, 0.3) is 0 Å². The van der Waals surface area contributed by atoms with E-state index in [9.17, 15) is 0 Å². The van der Waals surface area contributed by atoms with Gasteiger partial charge in [0.2, 0.25) is 0 Å². The molecule has 110 valence electrons. The highest BCUT2D eigenvalue weighted by molar-refractivity contribution is 5.42. The van der Waals surface area contributed by atoms with Crippen molar-refractivity contribution in [3.05, 3.63) is 69.8 Å². The molecule has 1 atom stereocenters. The van der Waals surface area contributed by atoms with Crippen LogP contribution in [0.1, 0.15) is 59.7 Å². The van der Waals surface area contributed by atoms with Crippen LogP contribution in [0.2, 0.25) is 0 Å². The Bertz CT molecular complexity index is 642. The van der Waals surface area contributed by atoms with Gasteiger partial charge in [0.15, 0.2) is 0 Å². The second kappa shape index (κ2) is 6.03. The first-order chi connectivity index (χ1) is 10.2. The maximum Gasteiger partial charge on any atom is 0.0551 e. The van der Waals surface area contributed by atoms with Gasteiger partial charge in [-0.25, -0.2) is 0 Å². The lowest BCUT2D eigenvalue weighted by Crippen LogP contribution is -2.13. The zero-order chi connectivity index (χ0) is 14.8. The van der Waals surface area contributed by atoms with E-state index in [0.29, 0.717) is 0 Å². The van der Waals surface area contributed by atoms with E-state index in [4.69, 9.17) is 5.73 Å². The predicted molar refractivity (Wildman–Crippen MR) is 89.7 cm³/mol. The summed E-state index contributed by atoms with van der Waals surface area (Å²) in [4.78, 5) is 0. The first-order valence-electron chi connectivity index (χ1n) is 8.22. The lowest BCUT2D eigenvalue weighted by Gasteiger charge is -2.16. The highest BCUT2D eigenvalue weighted by atomic mass is 14.6. The maximum absolute atomic E-state index is 6.53. The molecule has 0 aromatic heterocycles. The molecule has 0 heterocycles. The quantitative estimate of drug-likeness (QED) is 0.884. The van der Waals surface area contributed by atoms with Gasteiger partial charge in [-0.05, 0) is 65.5 Å². The zero-order valence-corrected chi connectivity index (χ0v) is 13.2. The minimum Gasteiger partial charge on any atom is -0.320 e. The molecule has 2 aromatic carbocycles. The third-order valence-electron chi connectivity index (χ3n) is 4.83. The number of hydrogen-bond donors (Lipinski definition) is 1. The summed E-state index contributed by atoms with van der Waals surface area (Å²) in [5, 5.41) is 0. The highest BCUT2D eigenvalue weighted by Gasteiger charge is 2.15. The van der Waals surface area contributed by atoms with Gasteiger partial charge < -0.3 is 5.73 Å². The van der Waals surface area contributed by atoms with Crippen molar-refractivity contribution in [2.75, 3.05) is 0 Å². The van der Waals surface area contributed by atoms with E-state index < -0.39 is 0 Å². The van der Waals surface area contributed by atoms with E-state index in [1.54, 1.807) is 0 Å². The molecule has 0 spiro atoms. The van der Waals surface area contributed by atoms with E-state index in [1.807, 2.05) is 0 Å². The van der Waals surface area contributed by atoms with Gasteiger partial charge in [-0.1, -0.05) is 50.2 Å². The van der Waals surface area contributed by atoms with Crippen LogP contribution in [0.15, 0.2) is 36.4 Å². The molecular weight excluding hydrogens is 254 g/mol. The molecule has 3 rings (SSSR count). The van der Waals surface area contributed by atoms with Crippen molar-refractivity contribution in [1.29, 1.82) is 0 Å². The molecular formula is C20H25N. The molecule has 2 aromatic rings. The van der Waals surface area contributed by atoms with Crippen LogP contribution in [0.3, 0.4) is 0 Å². The molecule has 0 bridgehead atoms. The van der Waals surface area contributed by atoms with Gasteiger partial charge in [-0.2, -0.15) is 0 Å². The first kappa shape index (κ1) is 14.3. The standard InChI is InChI=1S/C20H25N/c1-3-14-8-10-18(12-15(14)4-2)20(21)19-11-9-16-6-5-7-17(16)13-19/h8-13,20H,3-7,21H2,1-2H3. The molecule has 0 saturated carbocycles. The summed E-state index contributed by atoms with van der Waals surface area (Å²) in [7, 11) is 0. The Labute approximate surface area is 128 Å². The molecule has 1 nitrogen and oxygen atoms in total. The lowest BCUT2D eigenvalue weighted by molar-refractivity contribution is 0.859. The Hall–Kier alpha value is -1.60. The van der Waals surface area contributed by atoms with Crippen molar-refractivity contribution in [1.82, 2.24) is 0 Å². The second-order valence-corrected chi connectivity index (χ2v) is 6.09. The predicted octanol–water partition coefficient (Wildman–Crippen LogP) is 4.35. The number of benzene rings is 2. The summed E-state index contributed by atoms with van der Waals surface area (Å²) in [6, 6.07) is 13.6. The smallest absolute Gasteiger partial charge is 0.0551 e. The average Bonchev–Trinajstić information content (AvgIpc) is 3.00. The Morgan fingerprint density at radius 1 is 0.857 bits per heavy atom. The second-order valence-electron chi connectivity index (χ2n) is 6.09. The fraction of sp³-hybridized carbons (Fsp3) is 0.400. The summed E-state index contributed by atoms with van der Waals surface area (Å²) < 4.78 is 0. The topological polar surface area (TPSA) is 26.0 Å². The molecule has 1 aliphatic rings. The van der Waals surface area contributed by atoms with Gasteiger partial charge in [0.1, 0.15) is 0 Å². The monoisotopic (exact) mass is 279 g/mol. The molecule has 0 aliphatic heterocycles. The molecule has 1 unspecified atom stereocenters. The van der Waals surface area contributed by atoms with Crippen molar-refractivity contribution >= 4 is 0 Å². The molecule has 1 aliphatic carbocycles. The Balaban J connectivity index is 1.93. The number of nitrogens with two attached hydrogens (primary N) is 1. The van der Waals surface area contributed by atoms with Crippen LogP contribution in [0.25, 0.3) is 0 Å². The van der Waals surface area contributed by atoms with E-state index >= 15 is 0 Å². The van der Waals surface area contributed by atoms with Crippen LogP contribution in [-0.2, 0) is 25.7 Å². The van der Waals surface area contributed by atoms with Gasteiger partial charge >= 0.3 is 0 Å². The van der Waals surface area contributed by atoms with Gasteiger partial charge in [-0.15, -0.1) is 0 Å². The van der Waals surface area contributed by atoms with Crippen LogP contribution in [-0.4, -0.2) is 0 Å². The largest absolute Gasteiger partial charge is 0.320 e. The summed E-state index contributed by atoms with van der Waals surface area (Å²) in [6.07, 6.45) is 5.91. The third kappa shape index (κ3) is 2.75. The normalized spacial score (nSPS) is 15.0. The van der Waals surface area contributed by atoms with Crippen molar-refractivity contribution < 1.29 is 0 Å². The van der Waals surface area contributed by atoms with Gasteiger partial charge in [0, 0.05) is 0 Å². The van der Waals surface area contributed by atoms with Crippen LogP contribution in [0.5, 0.6) is 0 Å². The fourth-order valence-electron chi connectivity index (χ4n) is 3.49. The highest BCUT2D eigenvalue weighted by Crippen LogP contribution is 2.28. The SMILES string of the molecule is CCc1ccc(C(N)c2ccc3c(c2)CCC3)cc1CC. The molecule has 1 heteroatoms. The number of hydrogen-bond acceptors (Lipinski definition) is 1. The molecule has 2 N–H and O–H groups in total. The fourth-order valence-corrected chi connectivity index (χ4v) is 3.49. The zero-order valence-electron chi connectivity index (χ0n) is 13.2. The average molecular weight is 279 g/mol. The van der Waals surface area contributed by atoms with Crippen LogP contribution < -0.4 is 5.73 Å². The van der Waals surface area contributed by atoms with Crippen LogP contribution in [0, 0.1) is 0 Å². The van der Waals surface area contributed by atoms with Crippen LogP contribution in [0.4, 0.5) is 0 Å². The van der Waals surface area contributed by atoms with Crippen LogP contribution >= 0.6 is 0 Å². The van der Waals surface area contributed by atoms with E-state index in [2.05, 4.69) is 50.2 Å². The molecule has 21 heavy (non-hydrogen) atoms. The third-order valence-corrected chi connectivity index (χ3v) is 4.83. The van der Waals surface area contributed by atoms with Crippen molar-refractivity contribution in [2.45, 2.75) is 52.0 Å². The maximum atomic E-state index is 6.53. The van der Waals surface area contributed by atoms with Gasteiger partial charge in [0.05, 0.1) is 6.04 Å². The molecule has 0 fully saturated rings. The molecule has 0 saturated heterocycles. The van der Waals surface area contributed by atoms with E-state index in [-0.39, 0.29) is 6.04 Å².